The van der Waals surface area contributed by atoms with Gasteiger partial charge in [0.25, 0.3) is 0 Å². The number of hydrogen-bond acceptors (Lipinski definition) is 0. The van der Waals surface area contributed by atoms with E-state index in [1.54, 1.807) is 0 Å². The molecule has 0 aromatic heterocycles. The van der Waals surface area contributed by atoms with E-state index in [-0.39, 0.29) is 0 Å². The summed E-state index contributed by atoms with van der Waals surface area (Å²) < 4.78 is 0. The zero-order valence-electron chi connectivity index (χ0n) is 28.7. The van der Waals surface area contributed by atoms with Crippen molar-refractivity contribution in [3.8, 4) is 0 Å². The lowest BCUT2D eigenvalue weighted by Gasteiger charge is -2.14. The van der Waals surface area contributed by atoms with Gasteiger partial charge in [0.05, 0.1) is 0 Å². The summed E-state index contributed by atoms with van der Waals surface area (Å²) >= 11 is 0. The summed E-state index contributed by atoms with van der Waals surface area (Å²) in [7, 11) is 0. The van der Waals surface area contributed by atoms with Crippen molar-refractivity contribution in [3.63, 3.8) is 0 Å². The van der Waals surface area contributed by atoms with Gasteiger partial charge < -0.3 is 0 Å². The molecule has 0 nitrogen and oxygen atoms in total. The lowest BCUT2D eigenvalue weighted by molar-refractivity contribution is 0.427. The highest BCUT2D eigenvalue weighted by atomic mass is 14.1. The van der Waals surface area contributed by atoms with Crippen molar-refractivity contribution in [1.82, 2.24) is 0 Å². The fourth-order valence-electron chi connectivity index (χ4n) is 4.40. The number of aryl methyl sites for hydroxylation is 2. The third-order valence-electron chi connectivity index (χ3n) is 6.25. The Morgan fingerprint density at radius 1 is 0.825 bits per heavy atom. The van der Waals surface area contributed by atoms with E-state index in [0.29, 0.717) is 0 Å². The second-order valence-corrected chi connectivity index (χ2v) is 10.4. The van der Waals surface area contributed by atoms with E-state index in [4.69, 9.17) is 0 Å². The third kappa shape index (κ3) is 20.3. The summed E-state index contributed by atoms with van der Waals surface area (Å²) in [5.41, 5.74) is 10.4. The molecule has 0 N–H and O–H groups in total. The molecule has 226 valence electrons. The van der Waals surface area contributed by atoms with Crippen molar-refractivity contribution in [2.24, 2.45) is 5.92 Å². The zero-order chi connectivity index (χ0) is 31.5. The molecule has 0 spiro atoms. The van der Waals surface area contributed by atoms with Crippen molar-refractivity contribution in [2.75, 3.05) is 0 Å². The second-order valence-electron chi connectivity index (χ2n) is 10.4. The fourth-order valence-corrected chi connectivity index (χ4v) is 4.40. The highest BCUT2D eigenvalue weighted by Gasteiger charge is 2.08. The summed E-state index contributed by atoms with van der Waals surface area (Å²) in [5.74, 6) is 1.01. The van der Waals surface area contributed by atoms with Gasteiger partial charge in [-0.05, 0) is 86.8 Å². The molecule has 0 amide bonds. The fraction of sp³-hybridized carbons (Fsp3) is 0.500. The largest absolute Gasteiger partial charge is 0.106 e. The van der Waals surface area contributed by atoms with Crippen LogP contribution < -0.4 is 0 Å². The first kappa shape index (κ1) is 41.9. The van der Waals surface area contributed by atoms with Crippen molar-refractivity contribution in [2.45, 2.75) is 128 Å². The Hall–Kier alpha value is -2.60. The van der Waals surface area contributed by atoms with Crippen LogP contribution in [-0.2, 0) is 6.42 Å². The molecule has 0 unspecified atom stereocenters. The van der Waals surface area contributed by atoms with Gasteiger partial charge in [-0.3, -0.25) is 0 Å². The first-order valence-corrected chi connectivity index (χ1v) is 15.7. The maximum Gasteiger partial charge on any atom is -0.00194 e. The average Bonchev–Trinajstić information content (AvgIpc) is 2.93. The Bertz CT molecular complexity index is 931. The van der Waals surface area contributed by atoms with Gasteiger partial charge in [-0.1, -0.05) is 146 Å². The van der Waals surface area contributed by atoms with Crippen LogP contribution in [-0.4, -0.2) is 0 Å². The average molecular weight is 547 g/mol. The molecule has 0 radical (unpaired) electrons. The lowest BCUT2D eigenvalue weighted by atomic mass is 9.91. The molecular formula is C40H66. The second kappa shape index (κ2) is 27.9. The van der Waals surface area contributed by atoms with E-state index >= 15 is 0 Å². The molecule has 0 aliphatic rings. The molecule has 0 saturated heterocycles. The Morgan fingerprint density at radius 2 is 1.38 bits per heavy atom. The van der Waals surface area contributed by atoms with E-state index in [1.807, 2.05) is 27.7 Å². The molecule has 2 rings (SSSR count). The van der Waals surface area contributed by atoms with Gasteiger partial charge >= 0.3 is 0 Å². The quantitative estimate of drug-likeness (QED) is 0.246. The first-order chi connectivity index (χ1) is 19.1. The van der Waals surface area contributed by atoms with Crippen LogP contribution in [0.2, 0.25) is 0 Å². The maximum atomic E-state index is 4.30. The minimum absolute atomic E-state index is 0.963. The Labute approximate surface area is 252 Å². The van der Waals surface area contributed by atoms with Crippen LogP contribution in [0.5, 0.6) is 0 Å². The molecule has 2 aromatic rings. The molecule has 40 heavy (non-hydrogen) atoms. The molecule has 0 heteroatoms. The minimum atomic E-state index is 0.963. The molecule has 0 atom stereocenters. The summed E-state index contributed by atoms with van der Waals surface area (Å²) in [6.45, 7) is 37.3. The van der Waals surface area contributed by atoms with Crippen LogP contribution in [0, 0.1) is 19.8 Å². The molecule has 0 bridgehead atoms. The van der Waals surface area contributed by atoms with E-state index in [1.165, 1.54) is 76.6 Å². The molecule has 0 fully saturated rings. The number of rotatable bonds is 11. The van der Waals surface area contributed by atoms with Gasteiger partial charge in [0.1, 0.15) is 0 Å². The Balaban J connectivity index is -0.000000668. The lowest BCUT2D eigenvalue weighted by Crippen LogP contribution is -1.97. The van der Waals surface area contributed by atoms with E-state index in [0.717, 1.165) is 25.2 Å². The SMILES string of the molecule is C=C.C=C(C)C.C=C(CCC)c1ccc(C)cc1Cc1ccc(C)c(/C=C\C)c1.CC.CCCC(CC)CCC. The predicted octanol–water partition coefficient (Wildman–Crippen LogP) is 13.8. The molecule has 0 aliphatic heterocycles. The van der Waals surface area contributed by atoms with Gasteiger partial charge in [0.15, 0.2) is 0 Å². The summed E-state index contributed by atoms with van der Waals surface area (Å²) in [6.07, 6.45) is 14.4. The van der Waals surface area contributed by atoms with Crippen LogP contribution in [0.15, 0.2) is 74.4 Å². The van der Waals surface area contributed by atoms with Crippen molar-refractivity contribution in [3.05, 3.63) is 108 Å². The molecule has 0 saturated carbocycles. The maximum absolute atomic E-state index is 4.30. The number of hydrogen-bond donors (Lipinski definition) is 0. The van der Waals surface area contributed by atoms with Gasteiger partial charge in [-0.2, -0.15) is 0 Å². The van der Waals surface area contributed by atoms with Crippen molar-refractivity contribution >= 4 is 11.6 Å². The van der Waals surface area contributed by atoms with Gasteiger partial charge in [0.2, 0.25) is 0 Å². The number of benzene rings is 2. The van der Waals surface area contributed by atoms with Crippen LogP contribution in [0.25, 0.3) is 11.6 Å². The Kier molecular flexibility index (Phi) is 29.3. The normalized spacial score (nSPS) is 9.70. The molecular weight excluding hydrogens is 480 g/mol. The van der Waals surface area contributed by atoms with E-state index in [2.05, 4.69) is 123 Å². The molecule has 2 aromatic carbocycles. The summed E-state index contributed by atoms with van der Waals surface area (Å²) in [4.78, 5) is 0. The van der Waals surface area contributed by atoms with Crippen molar-refractivity contribution < 1.29 is 0 Å². The molecule has 0 aliphatic carbocycles. The van der Waals surface area contributed by atoms with Gasteiger partial charge in [0, 0.05) is 0 Å². The van der Waals surface area contributed by atoms with Crippen molar-refractivity contribution in [1.29, 1.82) is 0 Å². The Morgan fingerprint density at radius 3 is 1.82 bits per heavy atom. The van der Waals surface area contributed by atoms with Gasteiger partial charge in [-0.25, -0.2) is 0 Å². The highest BCUT2D eigenvalue weighted by Crippen LogP contribution is 2.26. The molecule has 0 heterocycles. The van der Waals surface area contributed by atoms with Gasteiger partial charge in [-0.15, -0.1) is 19.7 Å². The van der Waals surface area contributed by atoms with Crippen LogP contribution in [0.4, 0.5) is 0 Å². The van der Waals surface area contributed by atoms with Crippen LogP contribution in [0.3, 0.4) is 0 Å². The first-order valence-electron chi connectivity index (χ1n) is 15.7. The third-order valence-corrected chi connectivity index (χ3v) is 6.25. The van der Waals surface area contributed by atoms with E-state index < -0.39 is 0 Å². The predicted molar refractivity (Wildman–Crippen MR) is 191 cm³/mol. The van der Waals surface area contributed by atoms with Crippen LogP contribution in [0.1, 0.15) is 141 Å². The topological polar surface area (TPSA) is 0 Å². The summed E-state index contributed by atoms with van der Waals surface area (Å²) in [5, 5.41) is 0. The standard InChI is InChI=1S/C23H28.C9H20.C4H8.C2H6.C2H4/c1-6-8-19(5)23-13-10-17(3)14-22(23)16-20-12-11-18(4)21(15-20)9-7-2;1-4-7-9(6-3)8-5-2;1-4(2)3;2*1-2/h7,9-15H,5-6,8,16H2,1-4H3;9H,4-8H2,1-3H3;1H2,2-3H3;1-2H3;1-2H2/b9-7-;;;;. The van der Waals surface area contributed by atoms with E-state index in [9.17, 15) is 0 Å². The minimum Gasteiger partial charge on any atom is -0.106 e. The summed E-state index contributed by atoms with van der Waals surface area (Å²) in [6, 6.07) is 13.5. The zero-order valence-corrected chi connectivity index (χ0v) is 28.7. The number of allylic oxidation sites excluding steroid dienone is 3. The van der Waals surface area contributed by atoms with Crippen LogP contribution >= 0.6 is 0 Å². The highest BCUT2D eigenvalue weighted by molar-refractivity contribution is 5.67. The monoisotopic (exact) mass is 547 g/mol. The smallest absolute Gasteiger partial charge is 0.00194 e.